The maximum Gasteiger partial charge on any atom is 0.164 e. The zero-order valence-electron chi connectivity index (χ0n) is 12.8. The second kappa shape index (κ2) is 7.69. The Hall–Kier alpha value is -1.22. The lowest BCUT2D eigenvalue weighted by Crippen LogP contribution is -2.09. The molecule has 4 heteroatoms. The van der Waals surface area contributed by atoms with Crippen molar-refractivity contribution in [2.45, 2.75) is 44.9 Å². The molecule has 0 aliphatic heterocycles. The molecular weight excluding hydrogens is 288 g/mol. The van der Waals surface area contributed by atoms with Gasteiger partial charge in [0.2, 0.25) is 0 Å². The van der Waals surface area contributed by atoms with Crippen molar-refractivity contribution in [3.8, 4) is 11.5 Å². The molecule has 1 aromatic rings. The minimum Gasteiger partial charge on any atom is -0.493 e. The standard InChI is InChI=1S/C17H23ClO3/c1-20-16-10-13(14(18)11-17(16)21-2)15(19)9-8-12-6-4-3-5-7-12/h10-12H,3-9H2,1-2H3. The Kier molecular flexibility index (Phi) is 5.92. The van der Waals surface area contributed by atoms with E-state index in [1.165, 1.54) is 32.1 Å². The van der Waals surface area contributed by atoms with Crippen LogP contribution < -0.4 is 9.47 Å². The summed E-state index contributed by atoms with van der Waals surface area (Å²) in [5.41, 5.74) is 0.533. The number of ketones is 1. The number of Topliss-reactive ketones (excluding diaryl/α,β-unsaturated/α-hetero) is 1. The van der Waals surface area contributed by atoms with Gasteiger partial charge < -0.3 is 9.47 Å². The quantitative estimate of drug-likeness (QED) is 0.701. The lowest BCUT2D eigenvalue weighted by molar-refractivity contribution is 0.0970. The molecule has 1 fully saturated rings. The molecule has 0 unspecified atom stereocenters. The molecule has 0 saturated heterocycles. The van der Waals surface area contributed by atoms with E-state index in [1.54, 1.807) is 26.4 Å². The smallest absolute Gasteiger partial charge is 0.164 e. The topological polar surface area (TPSA) is 35.5 Å². The van der Waals surface area contributed by atoms with Gasteiger partial charge in [0.15, 0.2) is 17.3 Å². The van der Waals surface area contributed by atoms with Gasteiger partial charge in [-0.25, -0.2) is 0 Å². The summed E-state index contributed by atoms with van der Waals surface area (Å²) in [5, 5.41) is 0.432. The average molecular weight is 311 g/mol. The molecule has 0 N–H and O–H groups in total. The summed E-state index contributed by atoms with van der Waals surface area (Å²) in [6.45, 7) is 0. The van der Waals surface area contributed by atoms with Gasteiger partial charge in [0, 0.05) is 18.1 Å². The third-order valence-electron chi connectivity index (χ3n) is 4.28. The summed E-state index contributed by atoms with van der Waals surface area (Å²) in [6.07, 6.45) is 7.97. The van der Waals surface area contributed by atoms with E-state index in [0.717, 1.165) is 6.42 Å². The summed E-state index contributed by atoms with van der Waals surface area (Å²) in [6, 6.07) is 3.33. The first-order chi connectivity index (χ1) is 10.2. The summed E-state index contributed by atoms with van der Waals surface area (Å²) in [4.78, 5) is 12.4. The lowest BCUT2D eigenvalue weighted by Gasteiger charge is -2.21. The largest absolute Gasteiger partial charge is 0.493 e. The fourth-order valence-electron chi connectivity index (χ4n) is 3.01. The number of carbonyl (C=O) groups excluding carboxylic acids is 1. The third kappa shape index (κ3) is 4.13. The van der Waals surface area contributed by atoms with E-state index in [0.29, 0.717) is 34.4 Å². The van der Waals surface area contributed by atoms with Crippen LogP contribution in [0.15, 0.2) is 12.1 Å². The van der Waals surface area contributed by atoms with Gasteiger partial charge in [0.1, 0.15) is 0 Å². The molecule has 0 heterocycles. The van der Waals surface area contributed by atoms with Crippen molar-refractivity contribution in [2.75, 3.05) is 14.2 Å². The molecule has 1 aliphatic carbocycles. The van der Waals surface area contributed by atoms with Crippen molar-refractivity contribution in [1.29, 1.82) is 0 Å². The Bertz CT molecular complexity index is 493. The highest BCUT2D eigenvalue weighted by Crippen LogP contribution is 2.34. The van der Waals surface area contributed by atoms with E-state index in [9.17, 15) is 4.79 Å². The minimum absolute atomic E-state index is 0.0894. The Labute approximate surface area is 131 Å². The molecule has 0 spiro atoms. The molecule has 1 aliphatic rings. The van der Waals surface area contributed by atoms with Crippen LogP contribution in [0, 0.1) is 5.92 Å². The highest BCUT2D eigenvalue weighted by Gasteiger charge is 2.19. The minimum atomic E-state index is 0.0894. The number of methoxy groups -OCH3 is 2. The van der Waals surface area contributed by atoms with Gasteiger partial charge in [-0.05, 0) is 18.4 Å². The number of benzene rings is 1. The van der Waals surface area contributed by atoms with E-state index in [4.69, 9.17) is 21.1 Å². The maximum atomic E-state index is 12.4. The zero-order valence-corrected chi connectivity index (χ0v) is 13.5. The van der Waals surface area contributed by atoms with Gasteiger partial charge in [0.25, 0.3) is 0 Å². The second-order valence-corrected chi connectivity index (χ2v) is 6.06. The van der Waals surface area contributed by atoms with Crippen LogP contribution in [0.2, 0.25) is 5.02 Å². The predicted octanol–water partition coefficient (Wildman–Crippen LogP) is 4.90. The number of hydrogen-bond donors (Lipinski definition) is 0. The van der Waals surface area contributed by atoms with Crippen molar-refractivity contribution in [3.05, 3.63) is 22.7 Å². The van der Waals surface area contributed by atoms with Gasteiger partial charge in [-0.2, -0.15) is 0 Å². The predicted molar refractivity (Wildman–Crippen MR) is 84.7 cm³/mol. The molecule has 0 aromatic heterocycles. The van der Waals surface area contributed by atoms with Crippen LogP contribution in [-0.4, -0.2) is 20.0 Å². The molecule has 1 aromatic carbocycles. The molecular formula is C17H23ClO3. The van der Waals surface area contributed by atoms with E-state index in [1.807, 2.05) is 0 Å². The van der Waals surface area contributed by atoms with Crippen molar-refractivity contribution in [3.63, 3.8) is 0 Å². The van der Waals surface area contributed by atoms with Crippen molar-refractivity contribution >= 4 is 17.4 Å². The Morgan fingerprint density at radius 1 is 1.14 bits per heavy atom. The first kappa shape index (κ1) is 16.2. The van der Waals surface area contributed by atoms with Crippen LogP contribution >= 0.6 is 11.6 Å². The third-order valence-corrected chi connectivity index (χ3v) is 4.59. The van der Waals surface area contributed by atoms with Crippen LogP contribution in [0.3, 0.4) is 0 Å². The van der Waals surface area contributed by atoms with E-state index in [-0.39, 0.29) is 5.78 Å². The van der Waals surface area contributed by atoms with Crippen LogP contribution in [0.4, 0.5) is 0 Å². The SMILES string of the molecule is COc1cc(Cl)c(C(=O)CCC2CCCCC2)cc1OC. The summed E-state index contributed by atoms with van der Waals surface area (Å²) >= 11 is 6.20. The van der Waals surface area contributed by atoms with Crippen molar-refractivity contribution in [1.82, 2.24) is 0 Å². The average Bonchev–Trinajstić information content (AvgIpc) is 2.53. The van der Waals surface area contributed by atoms with E-state index in [2.05, 4.69) is 0 Å². The molecule has 2 rings (SSSR count). The Morgan fingerprint density at radius 3 is 2.38 bits per heavy atom. The second-order valence-electron chi connectivity index (χ2n) is 5.65. The van der Waals surface area contributed by atoms with Crippen molar-refractivity contribution in [2.24, 2.45) is 5.92 Å². The highest BCUT2D eigenvalue weighted by molar-refractivity contribution is 6.34. The summed E-state index contributed by atoms with van der Waals surface area (Å²) in [7, 11) is 3.11. The van der Waals surface area contributed by atoms with E-state index >= 15 is 0 Å². The Balaban J connectivity index is 2.04. The van der Waals surface area contributed by atoms with Gasteiger partial charge in [0.05, 0.1) is 19.2 Å². The fraction of sp³-hybridized carbons (Fsp3) is 0.588. The van der Waals surface area contributed by atoms with Crippen LogP contribution in [0.5, 0.6) is 11.5 Å². The number of hydrogen-bond acceptors (Lipinski definition) is 3. The first-order valence-corrected chi connectivity index (χ1v) is 7.98. The molecule has 0 atom stereocenters. The maximum absolute atomic E-state index is 12.4. The van der Waals surface area contributed by atoms with Crippen LogP contribution in [-0.2, 0) is 0 Å². The van der Waals surface area contributed by atoms with Crippen molar-refractivity contribution < 1.29 is 14.3 Å². The molecule has 1 saturated carbocycles. The summed E-state index contributed by atoms with van der Waals surface area (Å²) in [5.74, 6) is 1.88. The molecule has 116 valence electrons. The highest BCUT2D eigenvalue weighted by atomic mass is 35.5. The number of carbonyl (C=O) groups is 1. The molecule has 21 heavy (non-hydrogen) atoms. The zero-order chi connectivity index (χ0) is 15.2. The number of halogens is 1. The Morgan fingerprint density at radius 2 is 1.76 bits per heavy atom. The van der Waals surface area contributed by atoms with Gasteiger partial charge in [-0.1, -0.05) is 43.7 Å². The van der Waals surface area contributed by atoms with Gasteiger partial charge >= 0.3 is 0 Å². The monoisotopic (exact) mass is 310 g/mol. The molecule has 3 nitrogen and oxygen atoms in total. The fourth-order valence-corrected chi connectivity index (χ4v) is 3.27. The van der Waals surface area contributed by atoms with Crippen LogP contribution in [0.1, 0.15) is 55.3 Å². The van der Waals surface area contributed by atoms with Crippen LogP contribution in [0.25, 0.3) is 0 Å². The first-order valence-electron chi connectivity index (χ1n) is 7.60. The lowest BCUT2D eigenvalue weighted by atomic mass is 9.85. The molecule has 0 amide bonds. The normalized spacial score (nSPS) is 15.8. The van der Waals surface area contributed by atoms with Gasteiger partial charge in [-0.3, -0.25) is 4.79 Å². The number of rotatable bonds is 6. The molecule has 0 bridgehead atoms. The van der Waals surface area contributed by atoms with E-state index < -0.39 is 0 Å². The van der Waals surface area contributed by atoms with Gasteiger partial charge in [-0.15, -0.1) is 0 Å². The molecule has 0 radical (unpaired) electrons. The summed E-state index contributed by atoms with van der Waals surface area (Å²) < 4.78 is 10.4. The number of ether oxygens (including phenoxy) is 2.